The van der Waals surface area contributed by atoms with Crippen molar-refractivity contribution in [1.82, 2.24) is 14.7 Å². The number of hydrogen-bond donors (Lipinski definition) is 1. The summed E-state index contributed by atoms with van der Waals surface area (Å²) in [6.45, 7) is 6.18. The first-order chi connectivity index (χ1) is 12.2. The maximum atomic E-state index is 12.7. The average Bonchev–Trinajstić information content (AvgIpc) is 2.90. The molecule has 3 rings (SSSR count). The lowest BCUT2D eigenvalue weighted by Crippen LogP contribution is -2.39. The Morgan fingerprint density at radius 3 is 2.50 bits per heavy atom. The number of aromatic nitrogens is 2. The minimum atomic E-state index is -0.569. The fraction of sp³-hybridized carbons (Fsp3) is 0.389. The van der Waals surface area contributed by atoms with E-state index >= 15 is 0 Å². The summed E-state index contributed by atoms with van der Waals surface area (Å²) >= 11 is 5.86. The summed E-state index contributed by atoms with van der Waals surface area (Å²) in [5.41, 5.74) is 7.41. The van der Waals surface area contributed by atoms with Gasteiger partial charge in [0.2, 0.25) is 0 Å². The smallest absolute Gasteiger partial charge is 0.410 e. The normalized spacial score (nSPS) is 14.1. The van der Waals surface area contributed by atoms with Crippen LogP contribution in [0.1, 0.15) is 42.4 Å². The number of carbonyl (C=O) groups excluding carboxylic acids is 2. The minimum Gasteiger partial charge on any atom is -0.444 e. The molecule has 7 nitrogen and oxygen atoms in total. The lowest BCUT2D eigenvalue weighted by molar-refractivity contribution is 0.0221. The molecule has 0 aliphatic carbocycles. The topological polar surface area (TPSA) is 90.5 Å². The maximum absolute atomic E-state index is 12.7. The average molecular weight is 377 g/mol. The number of anilines is 1. The number of rotatable bonds is 1. The van der Waals surface area contributed by atoms with Crippen molar-refractivity contribution in [2.45, 2.75) is 39.3 Å². The molecular weight excluding hydrogens is 356 g/mol. The number of carbonyl (C=O) groups is 2. The first kappa shape index (κ1) is 18.3. The predicted octanol–water partition coefficient (Wildman–Crippen LogP) is 3.10. The molecule has 2 N–H and O–H groups in total. The van der Waals surface area contributed by atoms with Gasteiger partial charge in [-0.25, -0.2) is 4.79 Å². The summed E-state index contributed by atoms with van der Waals surface area (Å²) in [7, 11) is 0. The summed E-state index contributed by atoms with van der Waals surface area (Å²) in [6, 6.07) is 6.52. The molecule has 0 saturated carbocycles. The van der Waals surface area contributed by atoms with Crippen molar-refractivity contribution in [3.63, 3.8) is 0 Å². The van der Waals surface area contributed by atoms with E-state index in [1.54, 1.807) is 29.2 Å². The van der Waals surface area contributed by atoms with Gasteiger partial charge >= 0.3 is 6.09 Å². The van der Waals surface area contributed by atoms with Crippen molar-refractivity contribution >= 4 is 29.4 Å². The number of benzene rings is 1. The number of nitrogens with two attached hydrogens (primary N) is 1. The van der Waals surface area contributed by atoms with Gasteiger partial charge in [-0.3, -0.25) is 4.79 Å². The van der Waals surface area contributed by atoms with Gasteiger partial charge in [0.25, 0.3) is 5.91 Å². The summed E-state index contributed by atoms with van der Waals surface area (Å²) < 4.78 is 6.59. The number of nitrogen functional groups attached to an aromatic ring is 1. The van der Waals surface area contributed by atoms with Crippen molar-refractivity contribution in [3.05, 3.63) is 46.1 Å². The SMILES string of the molecule is CC(C)(C)OC(=O)N1CCc2c(nn(C(=O)c3ccc(Cl)cc3)c2N)C1. The van der Waals surface area contributed by atoms with Crippen LogP contribution in [0.4, 0.5) is 10.6 Å². The van der Waals surface area contributed by atoms with Gasteiger partial charge in [0.1, 0.15) is 11.4 Å². The lowest BCUT2D eigenvalue weighted by Gasteiger charge is -2.29. The molecule has 0 radical (unpaired) electrons. The number of nitrogens with zero attached hydrogens (tertiary/aromatic N) is 3. The Hall–Kier alpha value is -2.54. The van der Waals surface area contributed by atoms with Crippen LogP contribution in [0.15, 0.2) is 24.3 Å². The third-order valence-electron chi connectivity index (χ3n) is 4.01. The van der Waals surface area contributed by atoms with Crippen LogP contribution in [0.5, 0.6) is 0 Å². The molecule has 8 heteroatoms. The van der Waals surface area contributed by atoms with E-state index in [1.165, 1.54) is 4.68 Å². The van der Waals surface area contributed by atoms with Crippen molar-refractivity contribution in [1.29, 1.82) is 0 Å². The van der Waals surface area contributed by atoms with Crippen LogP contribution in [-0.4, -0.2) is 38.8 Å². The van der Waals surface area contributed by atoms with Gasteiger partial charge in [-0.15, -0.1) is 0 Å². The molecular formula is C18H21ClN4O3. The van der Waals surface area contributed by atoms with E-state index in [1.807, 2.05) is 20.8 Å². The number of ether oxygens (including phenoxy) is 1. The van der Waals surface area contributed by atoms with E-state index in [4.69, 9.17) is 22.1 Å². The molecule has 2 heterocycles. The van der Waals surface area contributed by atoms with Crippen LogP contribution in [-0.2, 0) is 17.7 Å². The summed E-state index contributed by atoms with van der Waals surface area (Å²) in [4.78, 5) is 26.5. The number of hydrogen-bond acceptors (Lipinski definition) is 5. The highest BCUT2D eigenvalue weighted by molar-refractivity contribution is 6.30. The quantitative estimate of drug-likeness (QED) is 0.825. The number of fused-ring (bicyclic) bond motifs is 1. The van der Waals surface area contributed by atoms with Crippen molar-refractivity contribution in [3.8, 4) is 0 Å². The first-order valence-electron chi connectivity index (χ1n) is 8.30. The van der Waals surface area contributed by atoms with Crippen LogP contribution in [0.3, 0.4) is 0 Å². The van der Waals surface area contributed by atoms with Crippen LogP contribution < -0.4 is 5.73 Å². The van der Waals surface area contributed by atoms with Gasteiger partial charge in [0.05, 0.1) is 12.2 Å². The van der Waals surface area contributed by atoms with Gasteiger partial charge in [0, 0.05) is 22.7 Å². The monoisotopic (exact) mass is 376 g/mol. The van der Waals surface area contributed by atoms with Crippen LogP contribution in [0, 0.1) is 0 Å². The second-order valence-electron chi connectivity index (χ2n) is 7.19. The molecule has 0 fully saturated rings. The van der Waals surface area contributed by atoms with E-state index in [0.29, 0.717) is 35.1 Å². The van der Waals surface area contributed by atoms with Gasteiger partial charge in [-0.2, -0.15) is 9.78 Å². The van der Waals surface area contributed by atoms with Crippen LogP contribution in [0.2, 0.25) is 5.02 Å². The van der Waals surface area contributed by atoms with E-state index in [2.05, 4.69) is 5.10 Å². The zero-order valence-corrected chi connectivity index (χ0v) is 15.7. The standard InChI is InChI=1S/C18H21ClN4O3/c1-18(2,3)26-17(25)22-9-8-13-14(10-22)21-23(15(13)20)16(24)11-4-6-12(19)7-5-11/h4-7H,8-10,20H2,1-3H3. The molecule has 0 spiro atoms. The highest BCUT2D eigenvalue weighted by Crippen LogP contribution is 2.26. The van der Waals surface area contributed by atoms with Gasteiger partial charge < -0.3 is 15.4 Å². The molecule has 0 atom stereocenters. The van der Waals surface area contributed by atoms with E-state index < -0.39 is 11.7 Å². The molecule has 0 unspecified atom stereocenters. The Morgan fingerprint density at radius 1 is 1.23 bits per heavy atom. The fourth-order valence-corrected chi connectivity index (χ4v) is 2.89. The minimum absolute atomic E-state index is 0.259. The molecule has 26 heavy (non-hydrogen) atoms. The Balaban J connectivity index is 1.83. The van der Waals surface area contributed by atoms with Crippen LogP contribution in [0.25, 0.3) is 0 Å². The molecule has 138 valence electrons. The third kappa shape index (κ3) is 3.67. The molecule has 1 aliphatic rings. The van der Waals surface area contributed by atoms with Crippen molar-refractivity contribution in [2.75, 3.05) is 12.3 Å². The summed E-state index contributed by atoms with van der Waals surface area (Å²) in [5.74, 6) is -0.0267. The summed E-state index contributed by atoms with van der Waals surface area (Å²) in [5, 5.41) is 4.88. The zero-order chi connectivity index (χ0) is 19.1. The van der Waals surface area contributed by atoms with Gasteiger partial charge in [0.15, 0.2) is 0 Å². The molecule has 0 saturated heterocycles. The molecule has 2 aromatic rings. The molecule has 1 aliphatic heterocycles. The Kier molecular flexibility index (Phi) is 4.66. The van der Waals surface area contributed by atoms with E-state index in [9.17, 15) is 9.59 Å². The zero-order valence-electron chi connectivity index (χ0n) is 15.0. The second-order valence-corrected chi connectivity index (χ2v) is 7.62. The predicted molar refractivity (Wildman–Crippen MR) is 98.2 cm³/mol. The summed E-state index contributed by atoms with van der Waals surface area (Å²) in [6.07, 6.45) is 0.120. The molecule has 1 amide bonds. The Morgan fingerprint density at radius 2 is 1.88 bits per heavy atom. The van der Waals surface area contributed by atoms with E-state index in [-0.39, 0.29) is 12.5 Å². The highest BCUT2D eigenvalue weighted by atomic mass is 35.5. The van der Waals surface area contributed by atoms with Crippen molar-refractivity contribution < 1.29 is 14.3 Å². The number of amides is 1. The Labute approximate surface area is 156 Å². The Bertz CT molecular complexity index is 853. The number of halogens is 1. The highest BCUT2D eigenvalue weighted by Gasteiger charge is 2.30. The largest absolute Gasteiger partial charge is 0.444 e. The van der Waals surface area contributed by atoms with Crippen molar-refractivity contribution in [2.24, 2.45) is 0 Å². The molecule has 1 aromatic carbocycles. The molecule has 1 aromatic heterocycles. The second kappa shape index (κ2) is 6.64. The first-order valence-corrected chi connectivity index (χ1v) is 8.68. The maximum Gasteiger partial charge on any atom is 0.410 e. The fourth-order valence-electron chi connectivity index (χ4n) is 2.77. The molecule has 0 bridgehead atoms. The van der Waals surface area contributed by atoms with Crippen LogP contribution >= 0.6 is 11.6 Å². The third-order valence-corrected chi connectivity index (χ3v) is 4.27. The van der Waals surface area contributed by atoms with Gasteiger partial charge in [-0.05, 0) is 51.5 Å². The van der Waals surface area contributed by atoms with E-state index in [0.717, 1.165) is 5.56 Å². The lowest BCUT2D eigenvalue weighted by atomic mass is 10.1. The van der Waals surface area contributed by atoms with Gasteiger partial charge in [-0.1, -0.05) is 11.6 Å².